The van der Waals surface area contributed by atoms with Crippen molar-refractivity contribution in [2.75, 3.05) is 0 Å². The van der Waals surface area contributed by atoms with Gasteiger partial charge in [-0.05, 0) is 51.3 Å². The first-order valence-electron chi connectivity index (χ1n) is 7.28. The topological polar surface area (TPSA) is 31.4 Å². The maximum absolute atomic E-state index is 13.1. The standard InChI is InChI=1S/C15H21BF3NO2/c1-9(2)10-7-11(15(17,18)19)20-12(8-10)16-21-13(3,4)14(5,6)22-16/h7-9H,1-6H3. The van der Waals surface area contributed by atoms with Gasteiger partial charge in [-0.3, -0.25) is 4.98 Å². The number of hydrogen-bond donors (Lipinski definition) is 0. The minimum absolute atomic E-state index is 0.0507. The Kier molecular flexibility index (Phi) is 4.11. The number of pyridine rings is 1. The monoisotopic (exact) mass is 315 g/mol. The van der Waals surface area contributed by atoms with Gasteiger partial charge in [-0.25, -0.2) is 0 Å². The predicted molar refractivity (Wildman–Crippen MR) is 79.0 cm³/mol. The molecule has 0 spiro atoms. The summed E-state index contributed by atoms with van der Waals surface area (Å²) in [5.41, 5.74) is -1.43. The van der Waals surface area contributed by atoms with E-state index in [1.165, 1.54) is 0 Å². The second-order valence-corrected chi connectivity index (χ2v) is 6.95. The normalized spacial score (nSPS) is 20.7. The number of alkyl halides is 3. The average Bonchev–Trinajstić information content (AvgIpc) is 2.57. The third-order valence-corrected chi connectivity index (χ3v) is 4.32. The molecule has 3 nitrogen and oxygen atoms in total. The van der Waals surface area contributed by atoms with Gasteiger partial charge in [0.15, 0.2) is 0 Å². The van der Waals surface area contributed by atoms with Crippen LogP contribution in [0.25, 0.3) is 0 Å². The van der Waals surface area contributed by atoms with Crippen LogP contribution in [-0.2, 0) is 15.5 Å². The van der Waals surface area contributed by atoms with Gasteiger partial charge in [-0.15, -0.1) is 0 Å². The first kappa shape index (κ1) is 17.3. The quantitative estimate of drug-likeness (QED) is 0.783. The van der Waals surface area contributed by atoms with E-state index in [0.29, 0.717) is 5.56 Å². The summed E-state index contributed by atoms with van der Waals surface area (Å²) >= 11 is 0. The molecule has 0 N–H and O–H groups in total. The molecule has 2 rings (SSSR count). The molecule has 1 aromatic heterocycles. The molecule has 0 amide bonds. The van der Waals surface area contributed by atoms with E-state index in [9.17, 15) is 13.2 Å². The number of hydrogen-bond acceptors (Lipinski definition) is 3. The summed E-state index contributed by atoms with van der Waals surface area (Å²) in [6, 6.07) is 2.71. The van der Waals surface area contributed by atoms with Crippen molar-refractivity contribution in [2.45, 2.75) is 64.8 Å². The van der Waals surface area contributed by atoms with Crippen LogP contribution in [0.3, 0.4) is 0 Å². The summed E-state index contributed by atoms with van der Waals surface area (Å²) in [4.78, 5) is 3.73. The Morgan fingerprint density at radius 1 is 1.05 bits per heavy atom. The van der Waals surface area contributed by atoms with Gasteiger partial charge >= 0.3 is 13.3 Å². The molecular formula is C15H21BF3NO2. The zero-order valence-electron chi connectivity index (χ0n) is 13.7. The van der Waals surface area contributed by atoms with Crippen molar-refractivity contribution in [2.24, 2.45) is 0 Å². The molecule has 0 saturated carbocycles. The van der Waals surface area contributed by atoms with Gasteiger partial charge in [0.1, 0.15) is 5.69 Å². The third kappa shape index (κ3) is 3.15. The molecule has 1 aliphatic rings. The molecule has 1 aliphatic heterocycles. The van der Waals surface area contributed by atoms with Gasteiger partial charge in [-0.2, -0.15) is 13.2 Å². The molecule has 122 valence electrons. The highest BCUT2D eigenvalue weighted by atomic mass is 19.4. The summed E-state index contributed by atoms with van der Waals surface area (Å²) in [7, 11) is -0.898. The summed E-state index contributed by atoms with van der Waals surface area (Å²) in [6.45, 7) is 11.1. The largest absolute Gasteiger partial charge is 0.514 e. The molecule has 7 heteroatoms. The van der Waals surface area contributed by atoms with Crippen LogP contribution in [0.15, 0.2) is 12.1 Å². The van der Waals surface area contributed by atoms with Gasteiger partial charge in [-0.1, -0.05) is 13.8 Å². The second kappa shape index (κ2) is 5.23. The van der Waals surface area contributed by atoms with Gasteiger partial charge in [0.05, 0.1) is 16.8 Å². The van der Waals surface area contributed by atoms with E-state index in [1.54, 1.807) is 6.07 Å². The lowest BCUT2D eigenvalue weighted by Crippen LogP contribution is -2.41. The van der Waals surface area contributed by atoms with Crippen LogP contribution in [0.2, 0.25) is 0 Å². The Labute approximate surface area is 129 Å². The van der Waals surface area contributed by atoms with Crippen LogP contribution in [-0.4, -0.2) is 23.3 Å². The second-order valence-electron chi connectivity index (χ2n) is 6.95. The zero-order chi connectivity index (χ0) is 16.9. The van der Waals surface area contributed by atoms with Crippen molar-refractivity contribution in [3.8, 4) is 0 Å². The van der Waals surface area contributed by atoms with E-state index < -0.39 is 30.2 Å². The lowest BCUT2D eigenvalue weighted by molar-refractivity contribution is -0.141. The van der Waals surface area contributed by atoms with Gasteiger partial charge in [0.25, 0.3) is 0 Å². The Bertz CT molecular complexity index is 554. The molecule has 22 heavy (non-hydrogen) atoms. The van der Waals surface area contributed by atoms with E-state index in [4.69, 9.17) is 9.31 Å². The van der Waals surface area contributed by atoms with Crippen LogP contribution >= 0.6 is 0 Å². The molecule has 0 atom stereocenters. The van der Waals surface area contributed by atoms with Crippen molar-refractivity contribution in [1.29, 1.82) is 0 Å². The van der Waals surface area contributed by atoms with E-state index >= 15 is 0 Å². The Morgan fingerprint density at radius 3 is 1.95 bits per heavy atom. The molecule has 0 unspecified atom stereocenters. The van der Waals surface area contributed by atoms with Crippen molar-refractivity contribution < 1.29 is 22.5 Å². The molecule has 1 fully saturated rings. The van der Waals surface area contributed by atoms with Crippen LogP contribution in [0.4, 0.5) is 13.2 Å². The Hall–Kier alpha value is -1.08. The van der Waals surface area contributed by atoms with E-state index in [2.05, 4.69) is 4.98 Å². The molecule has 1 aromatic rings. The fraction of sp³-hybridized carbons (Fsp3) is 0.667. The Balaban J connectivity index is 2.46. The highest BCUT2D eigenvalue weighted by molar-refractivity contribution is 6.61. The molecule has 0 aliphatic carbocycles. The summed E-state index contributed by atoms with van der Waals surface area (Å²) in [5, 5.41) is 0. The van der Waals surface area contributed by atoms with Crippen LogP contribution < -0.4 is 5.59 Å². The SMILES string of the molecule is CC(C)c1cc(B2OC(C)(C)C(C)(C)O2)nc(C(F)(F)F)c1. The first-order chi connectivity index (χ1) is 9.83. The average molecular weight is 315 g/mol. The third-order valence-electron chi connectivity index (χ3n) is 4.32. The molecule has 1 saturated heterocycles. The predicted octanol–water partition coefficient (Wildman–Crippen LogP) is 3.52. The molecular weight excluding hydrogens is 294 g/mol. The molecule has 0 aromatic carbocycles. The van der Waals surface area contributed by atoms with Crippen LogP contribution in [0, 0.1) is 0 Å². The van der Waals surface area contributed by atoms with Gasteiger partial charge in [0, 0.05) is 0 Å². The summed E-state index contributed by atoms with van der Waals surface area (Å²) < 4.78 is 50.8. The number of nitrogens with zero attached hydrogens (tertiary/aromatic N) is 1. The lowest BCUT2D eigenvalue weighted by Gasteiger charge is -2.32. The summed E-state index contributed by atoms with van der Waals surface area (Å²) in [6.07, 6.45) is -4.50. The maximum atomic E-state index is 13.1. The van der Waals surface area contributed by atoms with E-state index in [0.717, 1.165) is 6.07 Å². The maximum Gasteiger partial charge on any atom is 0.514 e. The van der Waals surface area contributed by atoms with Crippen molar-refractivity contribution >= 4 is 12.7 Å². The fourth-order valence-electron chi connectivity index (χ4n) is 2.14. The van der Waals surface area contributed by atoms with Gasteiger partial charge in [0.2, 0.25) is 0 Å². The fourth-order valence-corrected chi connectivity index (χ4v) is 2.14. The van der Waals surface area contributed by atoms with Crippen molar-refractivity contribution in [3.63, 3.8) is 0 Å². The Morgan fingerprint density at radius 2 is 1.55 bits per heavy atom. The number of halogens is 3. The number of aromatic nitrogens is 1. The molecule has 0 radical (unpaired) electrons. The highest BCUT2D eigenvalue weighted by Crippen LogP contribution is 2.37. The van der Waals surface area contributed by atoms with Crippen molar-refractivity contribution in [3.05, 3.63) is 23.4 Å². The highest BCUT2D eigenvalue weighted by Gasteiger charge is 2.52. The summed E-state index contributed by atoms with van der Waals surface area (Å²) in [5.74, 6) is -0.0507. The minimum Gasteiger partial charge on any atom is -0.398 e. The minimum atomic E-state index is -4.50. The van der Waals surface area contributed by atoms with Gasteiger partial charge < -0.3 is 9.31 Å². The molecule has 2 heterocycles. The first-order valence-corrected chi connectivity index (χ1v) is 7.28. The van der Waals surface area contributed by atoms with E-state index in [-0.39, 0.29) is 11.5 Å². The molecule has 0 bridgehead atoms. The smallest absolute Gasteiger partial charge is 0.398 e. The zero-order valence-corrected chi connectivity index (χ0v) is 13.7. The lowest BCUT2D eigenvalue weighted by atomic mass is 9.82. The number of rotatable bonds is 2. The van der Waals surface area contributed by atoms with Crippen LogP contribution in [0.1, 0.15) is 58.7 Å². The van der Waals surface area contributed by atoms with E-state index in [1.807, 2.05) is 41.5 Å². The van der Waals surface area contributed by atoms with Crippen LogP contribution in [0.5, 0.6) is 0 Å². The van der Waals surface area contributed by atoms with Crippen molar-refractivity contribution in [1.82, 2.24) is 4.98 Å².